The molecule has 0 atom stereocenters. The summed E-state index contributed by atoms with van der Waals surface area (Å²) in [6.45, 7) is 0. The Morgan fingerprint density at radius 2 is 1.43 bits per heavy atom. The number of hydrogen-bond donors (Lipinski definition) is 2. The molecular formula is C22H22N2O4. The second-order valence-electron chi connectivity index (χ2n) is 6.17. The molecule has 0 heterocycles. The zero-order valence-electron chi connectivity index (χ0n) is 16.0. The van der Waals surface area contributed by atoms with Gasteiger partial charge in [-0.1, -0.05) is 18.2 Å². The van der Waals surface area contributed by atoms with E-state index >= 15 is 0 Å². The van der Waals surface area contributed by atoms with Crippen molar-refractivity contribution in [1.29, 1.82) is 0 Å². The molecule has 0 bridgehead atoms. The number of nitrogens with two attached hydrogens (primary N) is 2. The first kappa shape index (κ1) is 19.1. The van der Waals surface area contributed by atoms with Gasteiger partial charge in [0.1, 0.15) is 0 Å². The Balaban J connectivity index is 2.09. The molecule has 6 nitrogen and oxygen atoms in total. The van der Waals surface area contributed by atoms with Crippen LogP contribution in [0.1, 0.15) is 15.9 Å². The van der Waals surface area contributed by atoms with Gasteiger partial charge >= 0.3 is 0 Å². The van der Waals surface area contributed by atoms with Crippen molar-refractivity contribution in [3.8, 4) is 28.4 Å². The third-order valence-corrected chi connectivity index (χ3v) is 4.44. The highest BCUT2D eigenvalue weighted by molar-refractivity contribution is 6.13. The molecule has 4 N–H and O–H groups in total. The van der Waals surface area contributed by atoms with Gasteiger partial charge in [-0.25, -0.2) is 0 Å². The second-order valence-corrected chi connectivity index (χ2v) is 6.17. The van der Waals surface area contributed by atoms with E-state index in [1.807, 2.05) is 30.3 Å². The van der Waals surface area contributed by atoms with E-state index in [0.29, 0.717) is 39.8 Å². The number of anilines is 2. The van der Waals surface area contributed by atoms with Crippen LogP contribution in [0.25, 0.3) is 11.1 Å². The number of carbonyl (C=O) groups is 1. The van der Waals surface area contributed by atoms with Gasteiger partial charge in [0.2, 0.25) is 5.75 Å². The summed E-state index contributed by atoms with van der Waals surface area (Å²) in [5.41, 5.74) is 15.5. The molecule has 6 heteroatoms. The molecule has 28 heavy (non-hydrogen) atoms. The first-order valence-electron chi connectivity index (χ1n) is 8.58. The van der Waals surface area contributed by atoms with E-state index < -0.39 is 0 Å². The summed E-state index contributed by atoms with van der Waals surface area (Å²) in [5.74, 6) is 0.969. The minimum absolute atomic E-state index is 0.248. The van der Waals surface area contributed by atoms with E-state index in [-0.39, 0.29) is 5.78 Å². The van der Waals surface area contributed by atoms with Crippen molar-refractivity contribution in [2.75, 3.05) is 32.8 Å². The van der Waals surface area contributed by atoms with Crippen molar-refractivity contribution in [3.63, 3.8) is 0 Å². The van der Waals surface area contributed by atoms with Crippen molar-refractivity contribution < 1.29 is 19.0 Å². The van der Waals surface area contributed by atoms with Crippen LogP contribution >= 0.6 is 0 Å². The Morgan fingerprint density at radius 3 is 2.00 bits per heavy atom. The Kier molecular flexibility index (Phi) is 5.40. The van der Waals surface area contributed by atoms with Crippen molar-refractivity contribution in [3.05, 3.63) is 65.7 Å². The summed E-state index contributed by atoms with van der Waals surface area (Å²) in [4.78, 5) is 13.2. The first-order chi connectivity index (χ1) is 13.5. The van der Waals surface area contributed by atoms with E-state index in [2.05, 4.69) is 0 Å². The Bertz CT molecular complexity index is 1010. The van der Waals surface area contributed by atoms with Crippen molar-refractivity contribution in [2.45, 2.75) is 0 Å². The van der Waals surface area contributed by atoms with E-state index in [0.717, 1.165) is 11.1 Å². The first-order valence-corrected chi connectivity index (χ1v) is 8.58. The summed E-state index contributed by atoms with van der Waals surface area (Å²) in [5, 5.41) is 0. The van der Waals surface area contributed by atoms with Crippen LogP contribution in [-0.4, -0.2) is 27.1 Å². The van der Waals surface area contributed by atoms with Gasteiger partial charge in [-0.3, -0.25) is 4.79 Å². The number of ether oxygens (including phenoxy) is 3. The molecule has 0 aromatic heterocycles. The number of nitrogen functional groups attached to an aromatic ring is 2. The summed E-state index contributed by atoms with van der Waals surface area (Å²) in [7, 11) is 4.51. The molecule has 0 unspecified atom stereocenters. The van der Waals surface area contributed by atoms with Crippen molar-refractivity contribution in [1.82, 2.24) is 0 Å². The molecule has 3 aromatic carbocycles. The maximum absolute atomic E-state index is 13.2. The summed E-state index contributed by atoms with van der Waals surface area (Å²) in [6, 6.07) is 16.0. The fourth-order valence-electron chi connectivity index (χ4n) is 3.02. The molecule has 0 radical (unpaired) electrons. The molecular weight excluding hydrogens is 356 g/mol. The van der Waals surface area contributed by atoms with E-state index in [9.17, 15) is 4.79 Å². The number of ketones is 1. The van der Waals surface area contributed by atoms with Crippen LogP contribution in [0.15, 0.2) is 54.6 Å². The Morgan fingerprint density at radius 1 is 0.786 bits per heavy atom. The smallest absolute Gasteiger partial charge is 0.203 e. The van der Waals surface area contributed by atoms with E-state index in [1.165, 1.54) is 21.3 Å². The topological polar surface area (TPSA) is 96.8 Å². The van der Waals surface area contributed by atoms with Crippen molar-refractivity contribution >= 4 is 17.2 Å². The quantitative estimate of drug-likeness (QED) is 0.501. The monoisotopic (exact) mass is 378 g/mol. The predicted octanol–water partition coefficient (Wildman–Crippen LogP) is 3.77. The molecule has 0 aliphatic carbocycles. The molecule has 0 aliphatic rings. The maximum Gasteiger partial charge on any atom is 0.203 e. The standard InChI is InChI=1S/C22H22N2O4/c1-26-19-11-15(12-20(27-2)22(19)28-3)21(25)17-10-14(7-8-18(17)24)13-5-4-6-16(23)9-13/h4-12H,23-24H2,1-3H3. The number of carbonyl (C=O) groups excluding carboxylic acids is 1. The van der Waals surface area contributed by atoms with Crippen LogP contribution in [0.3, 0.4) is 0 Å². The molecule has 0 saturated carbocycles. The molecule has 144 valence electrons. The van der Waals surface area contributed by atoms with Gasteiger partial charge in [0.15, 0.2) is 17.3 Å². The molecule has 3 aromatic rings. The largest absolute Gasteiger partial charge is 0.493 e. The minimum atomic E-state index is -0.248. The van der Waals surface area contributed by atoms with Gasteiger partial charge in [0.05, 0.1) is 21.3 Å². The SMILES string of the molecule is COc1cc(C(=O)c2cc(-c3cccc(N)c3)ccc2N)cc(OC)c1OC. The predicted molar refractivity (Wildman–Crippen MR) is 110 cm³/mol. The van der Waals surface area contributed by atoms with Crippen LogP contribution in [0.5, 0.6) is 17.2 Å². The van der Waals surface area contributed by atoms with E-state index in [1.54, 1.807) is 24.3 Å². The average molecular weight is 378 g/mol. The maximum atomic E-state index is 13.2. The lowest BCUT2D eigenvalue weighted by Crippen LogP contribution is -2.07. The zero-order valence-corrected chi connectivity index (χ0v) is 16.0. The molecule has 0 saturated heterocycles. The van der Waals surface area contributed by atoms with Crippen molar-refractivity contribution in [2.24, 2.45) is 0 Å². The van der Waals surface area contributed by atoms with Crippen LogP contribution in [0, 0.1) is 0 Å². The van der Waals surface area contributed by atoms with Crippen LogP contribution in [0.4, 0.5) is 11.4 Å². The lowest BCUT2D eigenvalue weighted by molar-refractivity contribution is 0.103. The number of benzene rings is 3. The van der Waals surface area contributed by atoms with Crippen LogP contribution < -0.4 is 25.7 Å². The van der Waals surface area contributed by atoms with Gasteiger partial charge in [0.25, 0.3) is 0 Å². The Hall–Kier alpha value is -3.67. The lowest BCUT2D eigenvalue weighted by atomic mass is 9.96. The van der Waals surface area contributed by atoms with Gasteiger partial charge < -0.3 is 25.7 Å². The highest BCUT2D eigenvalue weighted by Crippen LogP contribution is 2.39. The van der Waals surface area contributed by atoms with Crippen LogP contribution in [-0.2, 0) is 0 Å². The molecule has 0 aliphatic heterocycles. The third kappa shape index (κ3) is 3.57. The summed E-state index contributed by atoms with van der Waals surface area (Å²) >= 11 is 0. The second kappa shape index (κ2) is 7.92. The average Bonchev–Trinajstić information content (AvgIpc) is 2.72. The van der Waals surface area contributed by atoms with Gasteiger partial charge in [-0.15, -0.1) is 0 Å². The fourth-order valence-corrected chi connectivity index (χ4v) is 3.02. The van der Waals surface area contributed by atoms with E-state index in [4.69, 9.17) is 25.7 Å². The third-order valence-electron chi connectivity index (χ3n) is 4.44. The highest BCUT2D eigenvalue weighted by atomic mass is 16.5. The van der Waals surface area contributed by atoms with Gasteiger partial charge in [0, 0.05) is 22.5 Å². The highest BCUT2D eigenvalue weighted by Gasteiger charge is 2.20. The van der Waals surface area contributed by atoms with Gasteiger partial charge in [-0.05, 0) is 47.5 Å². The van der Waals surface area contributed by atoms with Gasteiger partial charge in [-0.2, -0.15) is 0 Å². The Labute approximate surface area is 163 Å². The minimum Gasteiger partial charge on any atom is -0.493 e. The molecule has 0 fully saturated rings. The summed E-state index contributed by atoms with van der Waals surface area (Å²) < 4.78 is 16.0. The normalized spacial score (nSPS) is 10.4. The molecule has 0 spiro atoms. The number of rotatable bonds is 6. The fraction of sp³-hybridized carbons (Fsp3) is 0.136. The lowest BCUT2D eigenvalue weighted by Gasteiger charge is -2.14. The molecule has 0 amide bonds. The number of hydrogen-bond acceptors (Lipinski definition) is 6. The molecule has 3 rings (SSSR count). The summed E-state index contributed by atoms with van der Waals surface area (Å²) in [6.07, 6.45) is 0. The zero-order chi connectivity index (χ0) is 20.3. The van der Waals surface area contributed by atoms with Crippen LogP contribution in [0.2, 0.25) is 0 Å². The number of methoxy groups -OCH3 is 3.